The number of nitrogens with one attached hydrogen (secondary N) is 1. The number of hydrogen-bond donors (Lipinski definition) is 1. The van der Waals surface area contributed by atoms with E-state index in [1.165, 1.54) is 5.56 Å². The van der Waals surface area contributed by atoms with Crippen molar-refractivity contribution in [2.24, 2.45) is 17.8 Å². The summed E-state index contributed by atoms with van der Waals surface area (Å²) in [6.07, 6.45) is 5.91. The summed E-state index contributed by atoms with van der Waals surface area (Å²) in [5.74, 6) is 0.823. The van der Waals surface area contributed by atoms with Gasteiger partial charge in [0, 0.05) is 36.0 Å². The first kappa shape index (κ1) is 28.8. The minimum Gasteiger partial charge on any atom is -0.487 e. The number of hydrogen-bond acceptors (Lipinski definition) is 7. The van der Waals surface area contributed by atoms with Gasteiger partial charge >= 0.3 is 0 Å². The number of ether oxygens (including phenoxy) is 3. The van der Waals surface area contributed by atoms with E-state index >= 15 is 0 Å². The maximum atomic E-state index is 13.2. The Balaban J connectivity index is 1.35. The van der Waals surface area contributed by atoms with Crippen molar-refractivity contribution < 1.29 is 27.4 Å². The third-order valence-electron chi connectivity index (χ3n) is 9.25. The van der Waals surface area contributed by atoms with Crippen LogP contribution in [0.4, 0.5) is 5.69 Å². The SMILES string of the molecule is C[C@@H]1CO[C@@H]2C[C@@H]1OCCS(=O)(=O)NC(=O)c1ccc3c(c1)N(CCCCc1cc(Cl)ccc1CO3)C[C@@H]1CC[C@H]12. The molecule has 0 radical (unpaired) electrons. The highest BCUT2D eigenvalue weighted by Gasteiger charge is 2.42. The number of amides is 1. The van der Waals surface area contributed by atoms with Crippen LogP contribution in [0.5, 0.6) is 5.75 Å². The van der Waals surface area contributed by atoms with E-state index in [1.54, 1.807) is 18.2 Å². The fourth-order valence-corrected chi connectivity index (χ4v) is 7.69. The lowest BCUT2D eigenvalue weighted by atomic mass is 9.68. The van der Waals surface area contributed by atoms with Gasteiger partial charge in [0.25, 0.3) is 5.91 Å². The summed E-state index contributed by atoms with van der Waals surface area (Å²) < 4.78 is 46.7. The summed E-state index contributed by atoms with van der Waals surface area (Å²) in [4.78, 5) is 15.5. The Kier molecular flexibility index (Phi) is 8.50. The van der Waals surface area contributed by atoms with Crippen LogP contribution in [0, 0.1) is 17.8 Å². The number of aryl methyl sites for hydroxylation is 1. The van der Waals surface area contributed by atoms with Gasteiger partial charge < -0.3 is 19.1 Å². The van der Waals surface area contributed by atoms with Crippen LogP contribution in [0.25, 0.3) is 0 Å². The molecule has 2 aromatic carbocycles. The van der Waals surface area contributed by atoms with Crippen molar-refractivity contribution >= 4 is 33.2 Å². The van der Waals surface area contributed by atoms with E-state index in [4.69, 9.17) is 25.8 Å². The molecule has 1 aliphatic carbocycles. The fourth-order valence-electron chi connectivity index (χ4n) is 6.68. The van der Waals surface area contributed by atoms with Gasteiger partial charge in [0.15, 0.2) is 0 Å². The number of sulfonamides is 1. The highest BCUT2D eigenvalue weighted by Crippen LogP contribution is 2.44. The van der Waals surface area contributed by atoms with E-state index in [9.17, 15) is 13.2 Å². The number of benzene rings is 2. The van der Waals surface area contributed by atoms with E-state index in [1.807, 2.05) is 18.2 Å². The Morgan fingerprint density at radius 3 is 2.73 bits per heavy atom. The van der Waals surface area contributed by atoms with Crippen LogP contribution in [0.15, 0.2) is 36.4 Å². The van der Waals surface area contributed by atoms with E-state index in [-0.39, 0.29) is 36.0 Å². The van der Waals surface area contributed by atoms with E-state index < -0.39 is 15.9 Å². The zero-order valence-corrected chi connectivity index (χ0v) is 25.1. The van der Waals surface area contributed by atoms with Crippen LogP contribution >= 0.6 is 11.6 Å². The van der Waals surface area contributed by atoms with Crippen LogP contribution < -0.4 is 14.4 Å². The number of anilines is 1. The summed E-state index contributed by atoms with van der Waals surface area (Å²) >= 11 is 6.31. The average molecular weight is 603 g/mol. The van der Waals surface area contributed by atoms with Gasteiger partial charge in [-0.05, 0) is 85.4 Å². The topological polar surface area (TPSA) is 94.2 Å². The molecule has 4 bridgehead atoms. The molecule has 222 valence electrons. The molecule has 1 amide bonds. The lowest BCUT2D eigenvalue weighted by molar-refractivity contribution is -0.139. The third-order valence-corrected chi connectivity index (χ3v) is 10.7. The molecular formula is C31H39ClN2O6S. The Morgan fingerprint density at radius 1 is 1.02 bits per heavy atom. The smallest absolute Gasteiger partial charge is 0.264 e. The molecule has 5 atom stereocenters. The Labute approximate surface area is 247 Å². The Morgan fingerprint density at radius 2 is 1.90 bits per heavy atom. The van der Waals surface area contributed by atoms with Gasteiger partial charge in [-0.15, -0.1) is 0 Å². The molecule has 1 saturated heterocycles. The zero-order chi connectivity index (χ0) is 28.6. The second-order valence-electron chi connectivity index (χ2n) is 12.0. The van der Waals surface area contributed by atoms with Crippen molar-refractivity contribution in [3.63, 3.8) is 0 Å². The highest BCUT2D eigenvalue weighted by molar-refractivity contribution is 7.90. The number of rotatable bonds is 0. The third kappa shape index (κ3) is 6.53. The molecule has 1 saturated carbocycles. The molecule has 3 aliphatic heterocycles. The first-order valence-electron chi connectivity index (χ1n) is 14.8. The maximum absolute atomic E-state index is 13.2. The summed E-state index contributed by atoms with van der Waals surface area (Å²) in [5, 5.41) is 0.721. The monoisotopic (exact) mass is 602 g/mol. The molecule has 3 heterocycles. The zero-order valence-electron chi connectivity index (χ0n) is 23.5. The highest BCUT2D eigenvalue weighted by atomic mass is 35.5. The van der Waals surface area contributed by atoms with Crippen LogP contribution in [0.3, 0.4) is 0 Å². The lowest BCUT2D eigenvalue weighted by Gasteiger charge is -2.47. The van der Waals surface area contributed by atoms with Crippen molar-refractivity contribution in [3.8, 4) is 5.75 Å². The van der Waals surface area contributed by atoms with Gasteiger partial charge in [0.1, 0.15) is 12.4 Å². The molecule has 0 spiro atoms. The molecule has 10 heteroatoms. The Hall–Kier alpha value is -2.33. The van der Waals surface area contributed by atoms with Gasteiger partial charge in [-0.3, -0.25) is 4.79 Å². The second-order valence-corrected chi connectivity index (χ2v) is 14.3. The molecular weight excluding hydrogens is 564 g/mol. The van der Waals surface area contributed by atoms with E-state index in [0.717, 1.165) is 67.9 Å². The normalized spacial score (nSPS) is 30.3. The van der Waals surface area contributed by atoms with Crippen molar-refractivity contribution in [2.75, 3.05) is 37.0 Å². The van der Waals surface area contributed by atoms with Gasteiger partial charge in [-0.25, -0.2) is 13.1 Å². The van der Waals surface area contributed by atoms with Crippen molar-refractivity contribution in [2.45, 2.75) is 64.3 Å². The van der Waals surface area contributed by atoms with Gasteiger partial charge in [0.2, 0.25) is 10.0 Å². The number of carbonyl (C=O) groups excluding carboxylic acids is 1. The fraction of sp³-hybridized carbons (Fsp3) is 0.581. The average Bonchev–Trinajstić information content (AvgIpc) is 2.95. The van der Waals surface area contributed by atoms with Crippen LogP contribution in [0.2, 0.25) is 5.02 Å². The summed E-state index contributed by atoms with van der Waals surface area (Å²) in [7, 11) is -3.87. The summed E-state index contributed by atoms with van der Waals surface area (Å²) in [6, 6.07) is 11.1. The van der Waals surface area contributed by atoms with Gasteiger partial charge in [-0.1, -0.05) is 24.6 Å². The largest absolute Gasteiger partial charge is 0.487 e. The molecule has 2 aromatic rings. The molecule has 0 unspecified atom stereocenters. The van der Waals surface area contributed by atoms with Crippen molar-refractivity contribution in [1.82, 2.24) is 4.72 Å². The van der Waals surface area contributed by atoms with Gasteiger partial charge in [0.05, 0.1) is 36.9 Å². The minimum atomic E-state index is -3.87. The number of halogens is 1. The Bertz CT molecular complexity index is 1380. The van der Waals surface area contributed by atoms with Gasteiger partial charge in [-0.2, -0.15) is 0 Å². The predicted octanol–water partition coefficient (Wildman–Crippen LogP) is 4.97. The predicted molar refractivity (Wildman–Crippen MR) is 158 cm³/mol. The standard InChI is InChI=1S/C31H39ClN2O6S/c1-20-18-39-30-16-29(20)38-12-13-41(36,37)33-31(35)22-7-10-28-27(15-22)34(17-23-6-9-26(23)30)11-3-2-4-21-14-25(32)8-5-24(21)19-40-28/h5,7-8,10,14-15,20,23,26,29-30H,2-4,6,9,11-13,16-19H2,1H3,(H,33,35)/t20-,23+,26-,29+,30-/m1/s1. The van der Waals surface area contributed by atoms with Crippen molar-refractivity contribution in [3.05, 3.63) is 58.1 Å². The van der Waals surface area contributed by atoms with Crippen LogP contribution in [0.1, 0.15) is 60.5 Å². The molecule has 6 rings (SSSR count). The summed E-state index contributed by atoms with van der Waals surface area (Å²) in [6.45, 7) is 4.74. The second kappa shape index (κ2) is 12.1. The number of carbonyl (C=O) groups is 1. The van der Waals surface area contributed by atoms with E-state index in [2.05, 4.69) is 16.5 Å². The molecule has 2 fully saturated rings. The lowest BCUT2D eigenvalue weighted by Crippen LogP contribution is -2.49. The van der Waals surface area contributed by atoms with Crippen LogP contribution in [-0.4, -0.2) is 58.6 Å². The number of fused-ring (bicyclic) bond motifs is 6. The van der Waals surface area contributed by atoms with Crippen molar-refractivity contribution in [1.29, 1.82) is 0 Å². The maximum Gasteiger partial charge on any atom is 0.264 e. The summed E-state index contributed by atoms with van der Waals surface area (Å²) in [5.41, 5.74) is 3.40. The molecule has 41 heavy (non-hydrogen) atoms. The number of nitrogens with zero attached hydrogens (tertiary/aromatic N) is 1. The first-order chi connectivity index (χ1) is 19.8. The van der Waals surface area contributed by atoms with Crippen LogP contribution in [-0.2, 0) is 32.5 Å². The molecule has 1 N–H and O–H groups in total. The molecule has 4 aliphatic rings. The molecule has 8 nitrogen and oxygen atoms in total. The first-order valence-corrected chi connectivity index (χ1v) is 16.9. The minimum absolute atomic E-state index is 0.0386. The molecule has 0 aromatic heterocycles. The quantitative estimate of drug-likeness (QED) is 0.455. The van der Waals surface area contributed by atoms with E-state index in [0.29, 0.717) is 30.8 Å².